The van der Waals surface area contributed by atoms with Crippen molar-refractivity contribution in [1.82, 2.24) is 15.1 Å². The third kappa shape index (κ3) is 4.83. The molecule has 2 aliphatic heterocycles. The van der Waals surface area contributed by atoms with Crippen molar-refractivity contribution in [2.24, 2.45) is 5.41 Å². The predicted octanol–water partition coefficient (Wildman–Crippen LogP) is 3.29. The monoisotopic (exact) mass is 423 g/mol. The van der Waals surface area contributed by atoms with Gasteiger partial charge in [-0.15, -0.1) is 0 Å². The molecule has 170 valence electrons. The van der Waals surface area contributed by atoms with Gasteiger partial charge in [-0.1, -0.05) is 0 Å². The van der Waals surface area contributed by atoms with Gasteiger partial charge in [0.05, 0.1) is 17.6 Å². The first-order valence-electron chi connectivity index (χ1n) is 11.2. The van der Waals surface area contributed by atoms with Crippen molar-refractivity contribution < 1.29 is 23.9 Å². The normalized spacial score (nSPS) is 29.0. The van der Waals surface area contributed by atoms with Crippen LogP contribution in [0.25, 0.3) is 0 Å². The van der Waals surface area contributed by atoms with Gasteiger partial charge in [-0.05, 0) is 73.1 Å². The second-order valence-corrected chi connectivity index (χ2v) is 10.3. The molecule has 8 nitrogen and oxygen atoms in total. The summed E-state index contributed by atoms with van der Waals surface area (Å²) < 4.78 is 10.7. The quantitative estimate of drug-likeness (QED) is 0.704. The molecule has 2 heterocycles. The van der Waals surface area contributed by atoms with Crippen molar-refractivity contribution in [3.05, 3.63) is 0 Å². The molecule has 0 radical (unpaired) electrons. The molecule has 0 unspecified atom stereocenters. The maximum atomic E-state index is 12.8. The Morgan fingerprint density at radius 1 is 1.13 bits per heavy atom. The lowest BCUT2D eigenvalue weighted by molar-refractivity contribution is -0.156. The third-order valence-electron chi connectivity index (χ3n) is 6.75. The molecular formula is C22H37N3O5. The minimum Gasteiger partial charge on any atom is -0.466 e. The highest BCUT2D eigenvalue weighted by Gasteiger charge is 2.49. The van der Waals surface area contributed by atoms with Crippen molar-refractivity contribution in [3.8, 4) is 0 Å². The average Bonchev–Trinajstić information content (AvgIpc) is 2.97. The van der Waals surface area contributed by atoms with Crippen molar-refractivity contribution in [3.63, 3.8) is 0 Å². The molecule has 8 heteroatoms. The van der Waals surface area contributed by atoms with E-state index in [0.29, 0.717) is 26.2 Å². The van der Waals surface area contributed by atoms with Crippen molar-refractivity contribution in [2.75, 3.05) is 26.2 Å². The van der Waals surface area contributed by atoms with Gasteiger partial charge in [0.1, 0.15) is 5.60 Å². The fraction of sp³-hybridized carbons (Fsp3) is 0.864. The van der Waals surface area contributed by atoms with Crippen LogP contribution in [0.1, 0.15) is 73.1 Å². The van der Waals surface area contributed by atoms with Crippen LogP contribution in [0.3, 0.4) is 0 Å². The molecule has 2 saturated heterocycles. The Balaban J connectivity index is 1.54. The summed E-state index contributed by atoms with van der Waals surface area (Å²) >= 11 is 0. The van der Waals surface area contributed by atoms with Crippen LogP contribution in [-0.2, 0) is 14.3 Å². The smallest absolute Gasteiger partial charge is 0.410 e. The fourth-order valence-electron chi connectivity index (χ4n) is 4.82. The molecule has 0 atom stereocenters. The van der Waals surface area contributed by atoms with Crippen LogP contribution >= 0.6 is 0 Å². The largest absolute Gasteiger partial charge is 0.466 e. The Labute approximate surface area is 179 Å². The zero-order chi connectivity index (χ0) is 22.2. The number of hydrogen-bond donors (Lipinski definition) is 1. The molecule has 1 saturated carbocycles. The van der Waals surface area contributed by atoms with Gasteiger partial charge in [0.15, 0.2) is 0 Å². The summed E-state index contributed by atoms with van der Waals surface area (Å²) in [5.41, 5.74) is -1.24. The number of rotatable bonds is 3. The number of amides is 3. The third-order valence-corrected chi connectivity index (χ3v) is 6.75. The zero-order valence-electron chi connectivity index (χ0n) is 19.1. The van der Waals surface area contributed by atoms with Gasteiger partial charge in [0, 0.05) is 25.7 Å². The Morgan fingerprint density at radius 3 is 2.27 bits per heavy atom. The van der Waals surface area contributed by atoms with Crippen LogP contribution < -0.4 is 5.32 Å². The molecule has 0 bridgehead atoms. The molecule has 0 aromatic rings. The van der Waals surface area contributed by atoms with E-state index < -0.39 is 11.0 Å². The number of likely N-dealkylation sites (tertiary alicyclic amines) is 1. The average molecular weight is 424 g/mol. The van der Waals surface area contributed by atoms with Crippen molar-refractivity contribution in [2.45, 2.75) is 90.3 Å². The van der Waals surface area contributed by atoms with Crippen LogP contribution in [0.4, 0.5) is 9.59 Å². The maximum Gasteiger partial charge on any atom is 0.410 e. The Morgan fingerprint density at radius 2 is 1.73 bits per heavy atom. The van der Waals surface area contributed by atoms with Crippen molar-refractivity contribution in [1.29, 1.82) is 0 Å². The number of piperidine rings is 1. The highest BCUT2D eigenvalue weighted by molar-refractivity contribution is 5.79. The minimum absolute atomic E-state index is 0.0227. The number of carbonyl (C=O) groups is 3. The molecule has 1 aliphatic carbocycles. The van der Waals surface area contributed by atoms with Crippen LogP contribution in [0.5, 0.6) is 0 Å². The molecule has 3 amide bonds. The molecule has 0 aromatic heterocycles. The SMILES string of the molecule is CCOC(=O)C1(C)CCC(N2CC3(CCN(C(=O)OC(C)(C)C)CC3)NC2=O)CC1. The maximum absolute atomic E-state index is 12.8. The summed E-state index contributed by atoms with van der Waals surface area (Å²) in [5, 5.41) is 3.20. The molecule has 3 rings (SSSR count). The van der Waals surface area contributed by atoms with Crippen LogP contribution in [0.15, 0.2) is 0 Å². The number of carbonyl (C=O) groups excluding carboxylic acids is 3. The Hall–Kier alpha value is -1.99. The first kappa shape index (κ1) is 22.7. The van der Waals surface area contributed by atoms with E-state index >= 15 is 0 Å². The van der Waals surface area contributed by atoms with Gasteiger partial charge in [0.25, 0.3) is 0 Å². The standard InChI is InChI=1S/C22H37N3O5/c1-6-29-17(26)21(5)9-7-16(8-10-21)25-15-22(23-18(25)27)11-13-24(14-12-22)19(28)30-20(2,3)4/h16H,6-15H2,1-5H3,(H,23,27). The van der Waals surface area contributed by atoms with Crippen LogP contribution in [-0.4, -0.2) is 71.3 Å². The molecule has 1 spiro atoms. The number of urea groups is 1. The van der Waals surface area contributed by atoms with E-state index in [1.165, 1.54) is 0 Å². The molecule has 3 aliphatic rings. The zero-order valence-corrected chi connectivity index (χ0v) is 19.1. The Bertz CT molecular complexity index is 671. The van der Waals surface area contributed by atoms with E-state index in [-0.39, 0.29) is 29.7 Å². The predicted molar refractivity (Wildman–Crippen MR) is 112 cm³/mol. The van der Waals surface area contributed by atoms with Gasteiger partial charge in [0.2, 0.25) is 0 Å². The van der Waals surface area contributed by atoms with E-state index in [1.807, 2.05) is 39.5 Å². The van der Waals surface area contributed by atoms with Gasteiger partial charge >= 0.3 is 18.1 Å². The van der Waals surface area contributed by atoms with Gasteiger partial charge in [-0.25, -0.2) is 9.59 Å². The highest BCUT2D eigenvalue weighted by atomic mass is 16.6. The molecule has 3 fully saturated rings. The first-order chi connectivity index (χ1) is 14.0. The van der Waals surface area contributed by atoms with E-state index in [0.717, 1.165) is 38.5 Å². The molecular weight excluding hydrogens is 386 g/mol. The van der Waals surface area contributed by atoms with Gasteiger partial charge < -0.3 is 24.6 Å². The number of hydrogen-bond acceptors (Lipinski definition) is 5. The molecule has 1 N–H and O–H groups in total. The summed E-state index contributed by atoms with van der Waals surface area (Å²) in [6.45, 7) is 11.6. The lowest BCUT2D eigenvalue weighted by atomic mass is 9.73. The molecule has 0 aromatic carbocycles. The second-order valence-electron chi connectivity index (χ2n) is 10.3. The second kappa shape index (κ2) is 8.27. The minimum atomic E-state index is -0.510. The van der Waals surface area contributed by atoms with Gasteiger partial charge in [-0.2, -0.15) is 0 Å². The fourth-order valence-corrected chi connectivity index (χ4v) is 4.82. The topological polar surface area (TPSA) is 88.2 Å². The van der Waals surface area contributed by atoms with Crippen molar-refractivity contribution >= 4 is 18.1 Å². The molecule has 30 heavy (non-hydrogen) atoms. The summed E-state index contributed by atoms with van der Waals surface area (Å²) in [4.78, 5) is 41.0. The summed E-state index contributed by atoms with van der Waals surface area (Å²) in [6.07, 6.45) is 4.25. The summed E-state index contributed by atoms with van der Waals surface area (Å²) in [5.74, 6) is -0.125. The number of nitrogens with one attached hydrogen (secondary N) is 1. The van der Waals surface area contributed by atoms with E-state index in [4.69, 9.17) is 9.47 Å². The van der Waals surface area contributed by atoms with Gasteiger partial charge in [-0.3, -0.25) is 4.79 Å². The van der Waals surface area contributed by atoms with E-state index in [2.05, 4.69) is 5.32 Å². The van der Waals surface area contributed by atoms with E-state index in [9.17, 15) is 14.4 Å². The highest BCUT2D eigenvalue weighted by Crippen LogP contribution is 2.40. The lowest BCUT2D eigenvalue weighted by Crippen LogP contribution is -2.54. The summed E-state index contributed by atoms with van der Waals surface area (Å²) in [7, 11) is 0. The van der Waals surface area contributed by atoms with E-state index in [1.54, 1.807) is 4.90 Å². The Kier molecular flexibility index (Phi) is 6.25. The number of ether oxygens (including phenoxy) is 2. The lowest BCUT2D eigenvalue weighted by Gasteiger charge is -2.41. The number of esters is 1. The first-order valence-corrected chi connectivity index (χ1v) is 11.2. The van der Waals surface area contributed by atoms with Crippen LogP contribution in [0.2, 0.25) is 0 Å². The number of nitrogens with zero attached hydrogens (tertiary/aromatic N) is 2. The van der Waals surface area contributed by atoms with Crippen LogP contribution in [0, 0.1) is 5.41 Å². The summed E-state index contributed by atoms with van der Waals surface area (Å²) in [6, 6.07) is 0.126.